The van der Waals surface area contributed by atoms with E-state index in [2.05, 4.69) is 6.58 Å². The fourth-order valence-corrected chi connectivity index (χ4v) is 1.70. The van der Waals surface area contributed by atoms with Crippen molar-refractivity contribution in [3.05, 3.63) is 51.1 Å². The number of hydrogen-bond donors (Lipinski definition) is 0. The molecule has 0 spiro atoms. The van der Waals surface area contributed by atoms with Crippen LogP contribution in [0.3, 0.4) is 0 Å². The molecule has 0 unspecified atom stereocenters. The van der Waals surface area contributed by atoms with Crippen LogP contribution in [0.2, 0.25) is 0 Å². The summed E-state index contributed by atoms with van der Waals surface area (Å²) in [6, 6.07) is 7.09. The zero-order chi connectivity index (χ0) is 14.0. The molecule has 0 radical (unpaired) electrons. The van der Waals surface area contributed by atoms with Crippen molar-refractivity contribution in [3.8, 4) is 5.75 Å². The highest BCUT2D eigenvalue weighted by molar-refractivity contribution is 5.75. The van der Waals surface area contributed by atoms with E-state index >= 15 is 0 Å². The van der Waals surface area contributed by atoms with Gasteiger partial charge in [0.1, 0.15) is 5.75 Å². The van der Waals surface area contributed by atoms with Crippen LogP contribution in [0.5, 0.6) is 5.75 Å². The first kappa shape index (κ1) is 12.9. The molecule has 98 valence electrons. The van der Waals surface area contributed by atoms with Gasteiger partial charge in [0.05, 0.1) is 7.11 Å². The van der Waals surface area contributed by atoms with Crippen molar-refractivity contribution in [3.63, 3.8) is 0 Å². The van der Waals surface area contributed by atoms with Crippen LogP contribution in [-0.4, -0.2) is 17.6 Å². The van der Waals surface area contributed by atoms with Gasteiger partial charge in [0.2, 0.25) is 11.5 Å². The van der Waals surface area contributed by atoms with Gasteiger partial charge in [-0.15, -0.1) is 0 Å². The van der Waals surface area contributed by atoms with Gasteiger partial charge in [0.15, 0.2) is 5.42 Å². The highest BCUT2D eigenvalue weighted by atomic mass is 16.5. The molecule has 2 rings (SSSR count). The van der Waals surface area contributed by atoms with Crippen molar-refractivity contribution in [2.75, 3.05) is 7.11 Å². The quantitative estimate of drug-likeness (QED) is 0.780. The zero-order valence-electron chi connectivity index (χ0n) is 10.7. The Kier molecular flexibility index (Phi) is 3.37. The van der Waals surface area contributed by atoms with Gasteiger partial charge in [-0.1, -0.05) is 12.1 Å². The maximum absolute atomic E-state index is 11.9. The van der Waals surface area contributed by atoms with Crippen molar-refractivity contribution in [1.29, 1.82) is 0 Å². The topological polar surface area (TPSA) is 61.4 Å². The van der Waals surface area contributed by atoms with Gasteiger partial charge in [-0.05, 0) is 30.4 Å². The molecule has 0 aliphatic carbocycles. The Hall–Kier alpha value is -2.56. The number of hydrogen-bond acceptors (Lipinski definition) is 4. The molecule has 0 saturated carbocycles. The number of benzene rings is 1. The monoisotopic (exact) mass is 259 g/mol. The molecular formula is C14H13NO4. The molecule has 0 amide bonds. The molecule has 0 bridgehead atoms. The van der Waals surface area contributed by atoms with E-state index < -0.39 is 11.5 Å². The van der Waals surface area contributed by atoms with Gasteiger partial charge in [-0.2, -0.15) is 0 Å². The Morgan fingerprint density at radius 2 is 2.00 bits per heavy atom. The SMILES string of the molecule is C=c1o/c(=C/c2ccc(OC)cc2)c(=O)n1C(C)=O. The predicted molar refractivity (Wildman–Crippen MR) is 70.6 cm³/mol. The van der Waals surface area contributed by atoms with Crippen LogP contribution in [0.1, 0.15) is 17.3 Å². The summed E-state index contributed by atoms with van der Waals surface area (Å²) >= 11 is 0. The highest BCUT2D eigenvalue weighted by Gasteiger charge is 2.08. The summed E-state index contributed by atoms with van der Waals surface area (Å²) in [6.07, 6.45) is 1.55. The minimum atomic E-state index is -0.506. The normalized spacial score (nSPS) is 11.6. The third-order valence-electron chi connectivity index (χ3n) is 2.62. The molecule has 5 nitrogen and oxygen atoms in total. The maximum atomic E-state index is 11.9. The molecule has 19 heavy (non-hydrogen) atoms. The molecule has 0 N–H and O–H groups in total. The number of ether oxygens (including phenoxy) is 1. The highest BCUT2D eigenvalue weighted by Crippen LogP contribution is 2.11. The standard InChI is InChI=1S/C14H13NO4/c1-9(16)15-10(2)19-13(14(15)17)8-11-4-6-12(18-3)7-5-11/h4-8H,2H2,1,3H3/b13-8+. The van der Waals surface area contributed by atoms with E-state index in [1.165, 1.54) is 6.92 Å². The summed E-state index contributed by atoms with van der Waals surface area (Å²) in [5, 5.41) is 0. The van der Waals surface area contributed by atoms with Crippen LogP contribution < -0.4 is 21.3 Å². The number of nitrogens with zero attached hydrogens (tertiary/aromatic N) is 1. The molecule has 0 saturated heterocycles. The first-order valence-electron chi connectivity index (χ1n) is 5.60. The Labute approximate surface area is 109 Å². The van der Waals surface area contributed by atoms with Crippen LogP contribution in [0.4, 0.5) is 0 Å². The molecule has 0 aliphatic heterocycles. The maximum Gasteiger partial charge on any atom is 0.303 e. The molecule has 0 atom stereocenters. The lowest BCUT2D eigenvalue weighted by Gasteiger charge is -1.98. The number of aromatic nitrogens is 1. The average molecular weight is 259 g/mol. The molecule has 1 heterocycles. The van der Waals surface area contributed by atoms with E-state index in [4.69, 9.17) is 9.15 Å². The lowest BCUT2D eigenvalue weighted by Crippen LogP contribution is -2.34. The fraction of sp³-hybridized carbons (Fsp3) is 0.143. The summed E-state index contributed by atoms with van der Waals surface area (Å²) in [7, 11) is 1.58. The van der Waals surface area contributed by atoms with Crippen LogP contribution in [0.25, 0.3) is 12.7 Å². The Morgan fingerprint density at radius 3 is 2.47 bits per heavy atom. The summed E-state index contributed by atoms with van der Waals surface area (Å²) in [5.41, 5.74) is 0.360. The van der Waals surface area contributed by atoms with Gasteiger partial charge in [0.25, 0.3) is 0 Å². The minimum Gasteiger partial charge on any atom is -0.497 e. The molecule has 1 aromatic carbocycles. The van der Waals surface area contributed by atoms with E-state index in [1.807, 2.05) is 0 Å². The summed E-state index contributed by atoms with van der Waals surface area (Å²) in [4.78, 5) is 23.2. The van der Waals surface area contributed by atoms with Gasteiger partial charge < -0.3 is 9.15 Å². The number of carbonyl (C=O) groups is 1. The minimum absolute atomic E-state index is 0.0252. The fourth-order valence-electron chi connectivity index (χ4n) is 1.70. The van der Waals surface area contributed by atoms with E-state index in [1.54, 1.807) is 37.5 Å². The second kappa shape index (κ2) is 4.97. The third-order valence-corrected chi connectivity index (χ3v) is 2.62. The summed E-state index contributed by atoms with van der Waals surface area (Å²) in [6.45, 7) is 4.81. The molecule has 1 aromatic heterocycles. The predicted octanol–water partition coefficient (Wildman–Crippen LogP) is 0.349. The van der Waals surface area contributed by atoms with Gasteiger partial charge in [0, 0.05) is 6.92 Å². The van der Waals surface area contributed by atoms with E-state index in [0.717, 1.165) is 15.9 Å². The Morgan fingerprint density at radius 1 is 1.37 bits per heavy atom. The number of methoxy groups -OCH3 is 1. The first-order chi connectivity index (χ1) is 9.02. The van der Waals surface area contributed by atoms with Crippen molar-refractivity contribution in [1.82, 2.24) is 4.57 Å². The third kappa shape index (κ3) is 2.49. The second-order valence-electron chi connectivity index (χ2n) is 3.94. The van der Waals surface area contributed by atoms with Gasteiger partial charge in [-0.3, -0.25) is 9.59 Å². The van der Waals surface area contributed by atoms with E-state index in [0.29, 0.717) is 0 Å². The zero-order valence-corrected chi connectivity index (χ0v) is 10.7. The molecule has 5 heteroatoms. The molecule has 0 aliphatic rings. The molecule has 0 fully saturated rings. The lowest BCUT2D eigenvalue weighted by molar-refractivity contribution is 0.0926. The van der Waals surface area contributed by atoms with Crippen molar-refractivity contribution in [2.24, 2.45) is 0 Å². The summed E-state index contributed by atoms with van der Waals surface area (Å²) in [5.74, 6) is 0.295. The lowest BCUT2D eigenvalue weighted by atomic mass is 10.2. The second-order valence-corrected chi connectivity index (χ2v) is 3.94. The van der Waals surface area contributed by atoms with E-state index in [9.17, 15) is 9.59 Å². The van der Waals surface area contributed by atoms with Gasteiger partial charge in [-0.25, -0.2) is 4.57 Å². The average Bonchev–Trinajstić information content (AvgIpc) is 2.65. The number of oxazole rings is 1. The van der Waals surface area contributed by atoms with E-state index in [-0.39, 0.29) is 11.0 Å². The Bertz CT molecular complexity index is 765. The van der Waals surface area contributed by atoms with Crippen molar-refractivity contribution >= 4 is 18.6 Å². The van der Waals surface area contributed by atoms with Crippen LogP contribution in [-0.2, 0) is 0 Å². The van der Waals surface area contributed by atoms with Crippen molar-refractivity contribution in [2.45, 2.75) is 6.92 Å². The van der Waals surface area contributed by atoms with Gasteiger partial charge >= 0.3 is 5.56 Å². The smallest absolute Gasteiger partial charge is 0.303 e. The largest absolute Gasteiger partial charge is 0.497 e. The van der Waals surface area contributed by atoms with Crippen molar-refractivity contribution < 1.29 is 13.9 Å². The van der Waals surface area contributed by atoms with Crippen LogP contribution >= 0.6 is 0 Å². The number of carbonyl (C=O) groups excluding carboxylic acids is 1. The molecule has 2 aromatic rings. The molecular weight excluding hydrogens is 246 g/mol. The first-order valence-corrected chi connectivity index (χ1v) is 5.60. The Balaban J connectivity index is 2.55. The van der Waals surface area contributed by atoms with Crippen LogP contribution in [0, 0.1) is 0 Å². The van der Waals surface area contributed by atoms with Crippen LogP contribution in [0.15, 0.2) is 33.5 Å². The number of rotatable bonds is 2. The summed E-state index contributed by atoms with van der Waals surface area (Å²) < 4.78 is 11.1.